The van der Waals surface area contributed by atoms with E-state index in [9.17, 15) is 0 Å². The molecule has 1 aromatic heterocycles. The molecule has 1 saturated carbocycles. The molecule has 0 amide bonds. The fourth-order valence-electron chi connectivity index (χ4n) is 1.77. The molecule has 1 aliphatic carbocycles. The summed E-state index contributed by atoms with van der Waals surface area (Å²) in [6.45, 7) is 3.18. The molecule has 0 aromatic carbocycles. The van der Waals surface area contributed by atoms with Gasteiger partial charge in [-0.25, -0.2) is 0 Å². The zero-order chi connectivity index (χ0) is 10.8. The summed E-state index contributed by atoms with van der Waals surface area (Å²) in [6.07, 6.45) is 4.07. The monoisotopic (exact) mass is 307 g/mol. The third-order valence-electron chi connectivity index (χ3n) is 2.72. The standard InChI is InChI=1S/C11H15BrClNS/c1-2-14-9(5-7-3-4-7)10-6-8(12)11(13)15-10/h6-7,9,14H,2-5H2,1H3. The summed E-state index contributed by atoms with van der Waals surface area (Å²) < 4.78 is 1.89. The average molecular weight is 309 g/mol. The highest BCUT2D eigenvalue weighted by molar-refractivity contribution is 9.10. The van der Waals surface area contributed by atoms with Crippen LogP contribution in [0.5, 0.6) is 0 Å². The van der Waals surface area contributed by atoms with Crippen molar-refractivity contribution in [3.8, 4) is 0 Å². The molecule has 1 unspecified atom stereocenters. The lowest BCUT2D eigenvalue weighted by molar-refractivity contribution is 0.493. The predicted molar refractivity (Wildman–Crippen MR) is 70.8 cm³/mol. The van der Waals surface area contributed by atoms with Gasteiger partial charge in [-0.2, -0.15) is 0 Å². The molecule has 15 heavy (non-hydrogen) atoms. The summed E-state index contributed by atoms with van der Waals surface area (Å²) in [5.41, 5.74) is 0. The van der Waals surface area contributed by atoms with Crippen LogP contribution in [0.25, 0.3) is 0 Å². The molecule has 84 valence electrons. The lowest BCUT2D eigenvalue weighted by Crippen LogP contribution is -2.20. The second kappa shape index (κ2) is 5.17. The topological polar surface area (TPSA) is 12.0 Å². The van der Waals surface area contributed by atoms with Crippen molar-refractivity contribution in [2.75, 3.05) is 6.54 Å². The van der Waals surface area contributed by atoms with E-state index in [1.54, 1.807) is 11.3 Å². The lowest BCUT2D eigenvalue weighted by Gasteiger charge is -2.15. The molecule has 2 rings (SSSR count). The van der Waals surface area contributed by atoms with Crippen molar-refractivity contribution in [1.29, 1.82) is 0 Å². The molecule has 0 radical (unpaired) electrons. The van der Waals surface area contributed by atoms with E-state index < -0.39 is 0 Å². The van der Waals surface area contributed by atoms with Crippen LogP contribution in [0.15, 0.2) is 10.5 Å². The van der Waals surface area contributed by atoms with Crippen LogP contribution in [0.1, 0.15) is 37.1 Å². The summed E-state index contributed by atoms with van der Waals surface area (Å²) in [5, 5.41) is 3.54. The first-order valence-electron chi connectivity index (χ1n) is 5.38. The van der Waals surface area contributed by atoms with Crippen LogP contribution in [0.4, 0.5) is 0 Å². The van der Waals surface area contributed by atoms with Crippen LogP contribution in [0.2, 0.25) is 4.34 Å². The minimum atomic E-state index is 0.497. The van der Waals surface area contributed by atoms with Crippen LogP contribution in [0.3, 0.4) is 0 Å². The number of rotatable bonds is 5. The number of hydrogen-bond acceptors (Lipinski definition) is 2. The highest BCUT2D eigenvalue weighted by atomic mass is 79.9. The van der Waals surface area contributed by atoms with Gasteiger partial charge in [0.05, 0.1) is 0 Å². The Labute approximate surface area is 108 Å². The molecule has 0 saturated heterocycles. The molecular weight excluding hydrogens is 294 g/mol. The molecule has 1 aromatic rings. The van der Waals surface area contributed by atoms with E-state index in [0.717, 1.165) is 21.3 Å². The van der Waals surface area contributed by atoms with Gasteiger partial charge in [0.1, 0.15) is 4.34 Å². The van der Waals surface area contributed by atoms with Crippen molar-refractivity contribution in [3.05, 3.63) is 19.8 Å². The van der Waals surface area contributed by atoms with Gasteiger partial charge in [-0.1, -0.05) is 31.4 Å². The Balaban J connectivity index is 2.07. The number of nitrogens with one attached hydrogen (secondary N) is 1. The van der Waals surface area contributed by atoms with Crippen molar-refractivity contribution in [3.63, 3.8) is 0 Å². The van der Waals surface area contributed by atoms with E-state index in [4.69, 9.17) is 11.6 Å². The SMILES string of the molecule is CCNC(CC1CC1)c1cc(Br)c(Cl)s1. The fraction of sp³-hybridized carbons (Fsp3) is 0.636. The summed E-state index contributed by atoms with van der Waals surface area (Å²) in [7, 11) is 0. The Morgan fingerprint density at radius 1 is 1.67 bits per heavy atom. The molecule has 1 heterocycles. The molecule has 0 bridgehead atoms. The quantitative estimate of drug-likeness (QED) is 0.837. The molecule has 1 aliphatic rings. The maximum absolute atomic E-state index is 6.07. The summed E-state index contributed by atoms with van der Waals surface area (Å²) in [6, 6.07) is 2.65. The Morgan fingerprint density at radius 3 is 2.87 bits per heavy atom. The van der Waals surface area contributed by atoms with Gasteiger partial charge < -0.3 is 5.32 Å². The minimum Gasteiger partial charge on any atom is -0.310 e. The van der Waals surface area contributed by atoms with Crippen molar-refractivity contribution in [1.82, 2.24) is 5.32 Å². The van der Waals surface area contributed by atoms with Gasteiger partial charge >= 0.3 is 0 Å². The van der Waals surface area contributed by atoms with Crippen molar-refractivity contribution in [2.45, 2.75) is 32.2 Å². The smallest absolute Gasteiger partial charge is 0.107 e. The highest BCUT2D eigenvalue weighted by Crippen LogP contribution is 2.41. The van der Waals surface area contributed by atoms with Crippen LogP contribution in [-0.2, 0) is 0 Å². The highest BCUT2D eigenvalue weighted by Gasteiger charge is 2.27. The predicted octanol–water partition coefficient (Wildman–Crippen LogP) is 4.61. The Morgan fingerprint density at radius 2 is 2.40 bits per heavy atom. The molecule has 0 spiro atoms. The molecule has 1 fully saturated rings. The van der Waals surface area contributed by atoms with Crippen molar-refractivity contribution < 1.29 is 0 Å². The van der Waals surface area contributed by atoms with Crippen LogP contribution in [0, 0.1) is 5.92 Å². The van der Waals surface area contributed by atoms with Gasteiger partial charge in [0.15, 0.2) is 0 Å². The minimum absolute atomic E-state index is 0.497. The normalized spacial score (nSPS) is 18.1. The second-order valence-corrected chi connectivity index (χ2v) is 6.60. The van der Waals surface area contributed by atoms with Crippen molar-refractivity contribution >= 4 is 38.9 Å². The second-order valence-electron chi connectivity index (χ2n) is 4.06. The lowest BCUT2D eigenvalue weighted by atomic mass is 10.1. The summed E-state index contributed by atoms with van der Waals surface area (Å²) >= 11 is 11.2. The Bertz CT molecular complexity index is 316. The maximum atomic E-state index is 6.07. The average Bonchev–Trinajstić information content (AvgIpc) is 2.94. The van der Waals surface area contributed by atoms with Crippen LogP contribution in [-0.4, -0.2) is 6.54 Å². The zero-order valence-corrected chi connectivity index (χ0v) is 11.9. The third kappa shape index (κ3) is 3.19. The van der Waals surface area contributed by atoms with Gasteiger partial charge in [-0.15, -0.1) is 11.3 Å². The van der Waals surface area contributed by atoms with Gasteiger partial charge in [0.25, 0.3) is 0 Å². The number of hydrogen-bond donors (Lipinski definition) is 1. The van der Waals surface area contributed by atoms with Crippen LogP contribution < -0.4 is 5.32 Å². The fourth-order valence-corrected chi connectivity index (χ4v) is 3.59. The molecule has 4 heteroatoms. The first-order valence-corrected chi connectivity index (χ1v) is 7.37. The van der Waals surface area contributed by atoms with E-state index in [-0.39, 0.29) is 0 Å². The van der Waals surface area contributed by atoms with Gasteiger partial charge in [-0.05, 0) is 40.9 Å². The van der Waals surface area contributed by atoms with Gasteiger partial charge in [0, 0.05) is 15.4 Å². The third-order valence-corrected chi connectivity index (χ3v) is 5.31. The Kier molecular flexibility index (Phi) is 4.10. The maximum Gasteiger partial charge on any atom is 0.107 e. The Hall–Kier alpha value is 0.430. The largest absolute Gasteiger partial charge is 0.310 e. The van der Waals surface area contributed by atoms with E-state index in [2.05, 4.69) is 34.2 Å². The first-order chi connectivity index (χ1) is 7.20. The molecule has 1 N–H and O–H groups in total. The molecule has 1 atom stereocenters. The van der Waals surface area contributed by atoms with Gasteiger partial charge in [-0.3, -0.25) is 0 Å². The summed E-state index contributed by atoms with van der Waals surface area (Å²) in [4.78, 5) is 1.36. The first kappa shape index (κ1) is 11.9. The van der Waals surface area contributed by atoms with E-state index >= 15 is 0 Å². The number of halogens is 2. The van der Waals surface area contributed by atoms with Crippen LogP contribution >= 0.6 is 38.9 Å². The molecule has 0 aliphatic heterocycles. The van der Waals surface area contributed by atoms with E-state index in [1.165, 1.54) is 24.1 Å². The van der Waals surface area contributed by atoms with E-state index in [0.29, 0.717) is 6.04 Å². The summed E-state index contributed by atoms with van der Waals surface area (Å²) in [5.74, 6) is 0.939. The van der Waals surface area contributed by atoms with Gasteiger partial charge in [0.2, 0.25) is 0 Å². The zero-order valence-electron chi connectivity index (χ0n) is 8.72. The molecule has 1 nitrogen and oxygen atoms in total. The van der Waals surface area contributed by atoms with Crippen molar-refractivity contribution in [2.24, 2.45) is 5.92 Å². The molecular formula is C11H15BrClNS. The number of thiophene rings is 1. The van der Waals surface area contributed by atoms with E-state index in [1.807, 2.05) is 0 Å².